The monoisotopic (exact) mass is 425 g/mol. The largest absolute Gasteiger partial charge is 0.324 e. The van der Waals surface area contributed by atoms with Gasteiger partial charge in [0.15, 0.2) is 5.65 Å². The number of aryl methyl sites for hydroxylation is 1. The van der Waals surface area contributed by atoms with Crippen LogP contribution in [0.15, 0.2) is 72.9 Å². The van der Waals surface area contributed by atoms with Crippen molar-refractivity contribution in [2.45, 2.75) is 32.2 Å². The molecule has 0 saturated carbocycles. The van der Waals surface area contributed by atoms with Crippen LogP contribution in [0, 0.1) is 0 Å². The third-order valence-corrected chi connectivity index (χ3v) is 6.21. The quantitative estimate of drug-likeness (QED) is 0.468. The standard InChI is InChI=1S/C26H27N5O/c1-2-19-10-12-21(13-11-19)28-26(32)30-17-14-22(15-18-30)31-24(20-7-4-3-5-8-20)29-23-9-6-16-27-25(23)31/h3-13,16,22H,2,14-15,17-18H2,1H3,(H,28,32). The highest BCUT2D eigenvalue weighted by Crippen LogP contribution is 2.32. The molecule has 5 rings (SSSR count). The van der Waals surface area contributed by atoms with Crippen LogP contribution in [-0.2, 0) is 6.42 Å². The topological polar surface area (TPSA) is 63.1 Å². The summed E-state index contributed by atoms with van der Waals surface area (Å²) >= 11 is 0. The van der Waals surface area contributed by atoms with Crippen LogP contribution in [0.3, 0.4) is 0 Å². The van der Waals surface area contributed by atoms with Gasteiger partial charge < -0.3 is 14.8 Å². The lowest BCUT2D eigenvalue weighted by atomic mass is 10.0. The summed E-state index contributed by atoms with van der Waals surface area (Å²) in [6.45, 7) is 3.52. The number of nitrogens with one attached hydrogen (secondary N) is 1. The van der Waals surface area contributed by atoms with Gasteiger partial charge >= 0.3 is 6.03 Å². The van der Waals surface area contributed by atoms with Gasteiger partial charge in [-0.15, -0.1) is 0 Å². The Kier molecular flexibility index (Phi) is 5.58. The first kappa shape index (κ1) is 20.2. The molecular weight excluding hydrogens is 398 g/mol. The average molecular weight is 426 g/mol. The summed E-state index contributed by atoms with van der Waals surface area (Å²) in [6.07, 6.45) is 4.54. The summed E-state index contributed by atoms with van der Waals surface area (Å²) < 4.78 is 2.27. The third kappa shape index (κ3) is 3.96. The van der Waals surface area contributed by atoms with Gasteiger partial charge in [-0.3, -0.25) is 0 Å². The van der Waals surface area contributed by atoms with Gasteiger partial charge in [0.25, 0.3) is 0 Å². The first-order valence-corrected chi connectivity index (χ1v) is 11.3. The Bertz CT molecular complexity index is 1210. The molecule has 1 saturated heterocycles. The number of carbonyl (C=O) groups excluding carboxylic acids is 1. The van der Waals surface area contributed by atoms with E-state index in [-0.39, 0.29) is 12.1 Å². The molecule has 0 spiro atoms. The molecule has 2 aromatic carbocycles. The number of fused-ring (bicyclic) bond motifs is 1. The predicted molar refractivity (Wildman–Crippen MR) is 128 cm³/mol. The van der Waals surface area contributed by atoms with Crippen molar-refractivity contribution in [1.29, 1.82) is 0 Å². The first-order chi connectivity index (χ1) is 15.7. The van der Waals surface area contributed by atoms with Crippen molar-refractivity contribution in [3.05, 3.63) is 78.5 Å². The molecule has 32 heavy (non-hydrogen) atoms. The van der Waals surface area contributed by atoms with Gasteiger partial charge in [0.2, 0.25) is 0 Å². The Morgan fingerprint density at radius 2 is 1.75 bits per heavy atom. The molecule has 1 N–H and O–H groups in total. The van der Waals surface area contributed by atoms with Crippen LogP contribution in [-0.4, -0.2) is 38.6 Å². The lowest BCUT2D eigenvalue weighted by Crippen LogP contribution is -2.41. The van der Waals surface area contributed by atoms with Gasteiger partial charge in [-0.1, -0.05) is 49.4 Å². The van der Waals surface area contributed by atoms with E-state index in [9.17, 15) is 4.79 Å². The molecule has 0 atom stereocenters. The zero-order chi connectivity index (χ0) is 21.9. The van der Waals surface area contributed by atoms with Crippen molar-refractivity contribution in [1.82, 2.24) is 19.4 Å². The zero-order valence-corrected chi connectivity index (χ0v) is 18.2. The second-order valence-corrected chi connectivity index (χ2v) is 8.22. The van der Waals surface area contributed by atoms with Crippen molar-refractivity contribution in [3.63, 3.8) is 0 Å². The van der Waals surface area contributed by atoms with Crippen LogP contribution in [0.1, 0.15) is 31.4 Å². The highest BCUT2D eigenvalue weighted by molar-refractivity contribution is 5.89. The molecule has 4 aromatic rings. The molecule has 2 aromatic heterocycles. The molecule has 6 nitrogen and oxygen atoms in total. The number of nitrogens with zero attached hydrogens (tertiary/aromatic N) is 4. The lowest BCUT2D eigenvalue weighted by molar-refractivity contribution is 0.185. The molecule has 162 valence electrons. The maximum absolute atomic E-state index is 12.8. The number of aromatic nitrogens is 3. The summed E-state index contributed by atoms with van der Waals surface area (Å²) in [6, 6.07) is 22.5. The Labute approximate surface area is 187 Å². The fraction of sp³-hybridized carbons (Fsp3) is 0.269. The zero-order valence-electron chi connectivity index (χ0n) is 18.2. The minimum absolute atomic E-state index is 0.0374. The number of rotatable bonds is 4. The van der Waals surface area contributed by atoms with E-state index in [4.69, 9.17) is 4.98 Å². The molecule has 0 radical (unpaired) electrons. The van der Waals surface area contributed by atoms with Gasteiger partial charge in [-0.05, 0) is 49.1 Å². The van der Waals surface area contributed by atoms with Crippen LogP contribution in [0.5, 0.6) is 0 Å². The second kappa shape index (κ2) is 8.83. The number of pyridine rings is 1. The fourth-order valence-corrected chi connectivity index (χ4v) is 4.42. The Hall–Kier alpha value is -3.67. The summed E-state index contributed by atoms with van der Waals surface area (Å²) in [7, 11) is 0. The average Bonchev–Trinajstić information content (AvgIpc) is 3.25. The summed E-state index contributed by atoms with van der Waals surface area (Å²) in [5.41, 5.74) is 5.00. The Morgan fingerprint density at radius 3 is 2.47 bits per heavy atom. The third-order valence-electron chi connectivity index (χ3n) is 6.21. The van der Waals surface area contributed by atoms with Crippen LogP contribution in [0.2, 0.25) is 0 Å². The van der Waals surface area contributed by atoms with E-state index in [1.807, 2.05) is 53.6 Å². The van der Waals surface area contributed by atoms with E-state index in [2.05, 4.69) is 46.1 Å². The number of piperidine rings is 1. The van der Waals surface area contributed by atoms with E-state index < -0.39 is 0 Å². The number of urea groups is 1. The lowest BCUT2D eigenvalue weighted by Gasteiger charge is -2.33. The summed E-state index contributed by atoms with van der Waals surface area (Å²) in [5.74, 6) is 0.943. The number of likely N-dealkylation sites (tertiary alicyclic amines) is 1. The number of anilines is 1. The summed E-state index contributed by atoms with van der Waals surface area (Å²) in [4.78, 5) is 24.2. The smallest absolute Gasteiger partial charge is 0.321 e. The minimum atomic E-state index is -0.0374. The molecule has 0 aliphatic carbocycles. The number of hydrogen-bond acceptors (Lipinski definition) is 3. The van der Waals surface area contributed by atoms with Gasteiger partial charge in [0.05, 0.1) is 0 Å². The molecule has 0 unspecified atom stereocenters. The van der Waals surface area contributed by atoms with Crippen LogP contribution in [0.25, 0.3) is 22.6 Å². The van der Waals surface area contributed by atoms with Crippen molar-refractivity contribution < 1.29 is 4.79 Å². The number of benzene rings is 2. The molecule has 0 bridgehead atoms. The molecule has 1 fully saturated rings. The predicted octanol–water partition coefficient (Wildman–Crippen LogP) is 5.53. The van der Waals surface area contributed by atoms with E-state index in [1.165, 1.54) is 5.56 Å². The van der Waals surface area contributed by atoms with Gasteiger partial charge in [-0.2, -0.15) is 0 Å². The highest BCUT2D eigenvalue weighted by Gasteiger charge is 2.27. The van der Waals surface area contributed by atoms with E-state index in [1.54, 1.807) is 0 Å². The van der Waals surface area contributed by atoms with Crippen LogP contribution >= 0.6 is 0 Å². The van der Waals surface area contributed by atoms with E-state index in [0.717, 1.165) is 47.5 Å². The van der Waals surface area contributed by atoms with Gasteiger partial charge in [0, 0.05) is 36.6 Å². The number of amides is 2. The molecular formula is C26H27N5O. The highest BCUT2D eigenvalue weighted by atomic mass is 16.2. The van der Waals surface area contributed by atoms with Crippen molar-refractivity contribution in [2.75, 3.05) is 18.4 Å². The molecule has 1 aliphatic heterocycles. The summed E-state index contributed by atoms with van der Waals surface area (Å²) in [5, 5.41) is 3.03. The maximum atomic E-state index is 12.8. The van der Waals surface area contributed by atoms with Crippen LogP contribution in [0.4, 0.5) is 10.5 Å². The van der Waals surface area contributed by atoms with Crippen LogP contribution < -0.4 is 5.32 Å². The molecule has 6 heteroatoms. The fourth-order valence-electron chi connectivity index (χ4n) is 4.42. The van der Waals surface area contributed by atoms with Crippen molar-refractivity contribution >= 4 is 22.9 Å². The maximum Gasteiger partial charge on any atom is 0.321 e. The second-order valence-electron chi connectivity index (χ2n) is 8.22. The first-order valence-electron chi connectivity index (χ1n) is 11.3. The van der Waals surface area contributed by atoms with E-state index in [0.29, 0.717) is 13.1 Å². The molecule has 2 amide bonds. The number of carbonyl (C=O) groups is 1. The molecule has 3 heterocycles. The SMILES string of the molecule is CCc1ccc(NC(=O)N2CCC(n3c(-c4ccccc4)nc4cccnc43)CC2)cc1. The van der Waals surface area contributed by atoms with E-state index >= 15 is 0 Å². The van der Waals surface area contributed by atoms with Gasteiger partial charge in [0.1, 0.15) is 11.3 Å². The Balaban J connectivity index is 1.33. The minimum Gasteiger partial charge on any atom is -0.324 e. The number of imidazole rings is 1. The van der Waals surface area contributed by atoms with Gasteiger partial charge in [-0.25, -0.2) is 14.8 Å². The normalized spacial score (nSPS) is 14.6. The van der Waals surface area contributed by atoms with Crippen molar-refractivity contribution in [2.24, 2.45) is 0 Å². The number of hydrogen-bond donors (Lipinski definition) is 1. The van der Waals surface area contributed by atoms with Crippen molar-refractivity contribution in [3.8, 4) is 11.4 Å². The molecule has 1 aliphatic rings. The Morgan fingerprint density at radius 1 is 1.00 bits per heavy atom.